The highest BCUT2D eigenvalue weighted by Gasteiger charge is 2.18. The van der Waals surface area contributed by atoms with Gasteiger partial charge in [-0.15, -0.1) is 0 Å². The van der Waals surface area contributed by atoms with E-state index < -0.39 is 0 Å². The van der Waals surface area contributed by atoms with Gasteiger partial charge in [0.15, 0.2) is 0 Å². The minimum atomic E-state index is -0.367. The van der Waals surface area contributed by atoms with Crippen LogP contribution in [0.15, 0.2) is 18.2 Å². The molecule has 1 saturated carbocycles. The van der Waals surface area contributed by atoms with Crippen LogP contribution in [0.2, 0.25) is 5.02 Å². The standard InChI is InChI=1S/C15H19ClN2O/c16-13-6-5-12(9-17)15(8-13)18-10-14(19)7-11-3-1-2-4-11/h5-6,8,11,14,18-19H,1-4,7,10H2. The van der Waals surface area contributed by atoms with Crippen LogP contribution in [0.1, 0.15) is 37.7 Å². The Labute approximate surface area is 119 Å². The van der Waals surface area contributed by atoms with E-state index in [0.29, 0.717) is 28.7 Å². The summed E-state index contributed by atoms with van der Waals surface area (Å²) in [6.45, 7) is 0.464. The van der Waals surface area contributed by atoms with Crippen molar-refractivity contribution in [2.45, 2.75) is 38.2 Å². The first-order chi connectivity index (χ1) is 9.19. The van der Waals surface area contributed by atoms with Gasteiger partial charge in [-0.25, -0.2) is 0 Å². The predicted molar refractivity (Wildman–Crippen MR) is 77.2 cm³/mol. The Morgan fingerprint density at radius 1 is 1.42 bits per heavy atom. The van der Waals surface area contributed by atoms with Crippen LogP contribution >= 0.6 is 11.6 Å². The third kappa shape index (κ3) is 4.12. The van der Waals surface area contributed by atoms with Crippen LogP contribution in [0.4, 0.5) is 5.69 Å². The molecule has 4 heteroatoms. The SMILES string of the molecule is N#Cc1ccc(Cl)cc1NCC(O)CC1CCCC1. The molecule has 1 aliphatic carbocycles. The van der Waals surface area contributed by atoms with Crippen LogP contribution < -0.4 is 5.32 Å². The van der Waals surface area contributed by atoms with Gasteiger partial charge in [0.25, 0.3) is 0 Å². The number of halogens is 1. The molecule has 1 aromatic rings. The number of nitrogens with zero attached hydrogens (tertiary/aromatic N) is 1. The van der Waals surface area contributed by atoms with Gasteiger partial charge < -0.3 is 10.4 Å². The second-order valence-electron chi connectivity index (χ2n) is 5.22. The lowest BCUT2D eigenvalue weighted by Crippen LogP contribution is -2.22. The van der Waals surface area contributed by atoms with Crippen molar-refractivity contribution in [1.82, 2.24) is 0 Å². The number of benzene rings is 1. The quantitative estimate of drug-likeness (QED) is 0.866. The summed E-state index contributed by atoms with van der Waals surface area (Å²) in [6, 6.07) is 7.22. The van der Waals surface area contributed by atoms with Gasteiger partial charge in [-0.3, -0.25) is 0 Å². The van der Waals surface area contributed by atoms with Crippen molar-refractivity contribution in [1.29, 1.82) is 5.26 Å². The highest BCUT2D eigenvalue weighted by atomic mass is 35.5. The average Bonchev–Trinajstić information content (AvgIpc) is 2.89. The fourth-order valence-corrected chi connectivity index (χ4v) is 2.87. The Morgan fingerprint density at radius 3 is 2.84 bits per heavy atom. The van der Waals surface area contributed by atoms with E-state index in [2.05, 4.69) is 11.4 Å². The molecule has 2 N–H and O–H groups in total. The summed E-state index contributed by atoms with van der Waals surface area (Å²) in [5.41, 5.74) is 1.25. The highest BCUT2D eigenvalue weighted by molar-refractivity contribution is 6.30. The van der Waals surface area contributed by atoms with Crippen molar-refractivity contribution in [3.05, 3.63) is 28.8 Å². The second kappa shape index (κ2) is 6.79. The van der Waals surface area contributed by atoms with Crippen LogP contribution in [0.25, 0.3) is 0 Å². The maximum absolute atomic E-state index is 10.0. The van der Waals surface area contributed by atoms with Crippen LogP contribution in [-0.4, -0.2) is 17.8 Å². The van der Waals surface area contributed by atoms with Crippen molar-refractivity contribution in [2.24, 2.45) is 5.92 Å². The van der Waals surface area contributed by atoms with E-state index in [1.165, 1.54) is 25.7 Å². The number of nitriles is 1. The monoisotopic (exact) mass is 278 g/mol. The normalized spacial score (nSPS) is 17.1. The summed E-state index contributed by atoms with van der Waals surface area (Å²) < 4.78 is 0. The molecule has 1 fully saturated rings. The molecule has 19 heavy (non-hydrogen) atoms. The van der Waals surface area contributed by atoms with Gasteiger partial charge in [-0.1, -0.05) is 37.3 Å². The van der Waals surface area contributed by atoms with Gasteiger partial charge in [0.1, 0.15) is 6.07 Å². The summed E-state index contributed by atoms with van der Waals surface area (Å²) in [4.78, 5) is 0. The maximum atomic E-state index is 10.0. The molecule has 102 valence electrons. The third-order valence-corrected chi connectivity index (χ3v) is 3.95. The molecule has 0 aromatic heterocycles. The first kappa shape index (κ1) is 14.2. The number of rotatable bonds is 5. The number of nitrogens with one attached hydrogen (secondary N) is 1. The molecule has 1 aromatic carbocycles. The summed E-state index contributed by atoms with van der Waals surface area (Å²) in [6.07, 6.45) is 5.52. The summed E-state index contributed by atoms with van der Waals surface area (Å²) in [7, 11) is 0. The number of aliphatic hydroxyl groups is 1. The molecule has 0 heterocycles. The number of aliphatic hydroxyl groups excluding tert-OH is 1. The van der Waals surface area contributed by atoms with E-state index in [0.717, 1.165) is 6.42 Å². The van der Waals surface area contributed by atoms with E-state index in [-0.39, 0.29) is 6.10 Å². The van der Waals surface area contributed by atoms with Crippen LogP contribution in [0.5, 0.6) is 0 Å². The molecular weight excluding hydrogens is 260 g/mol. The van der Waals surface area contributed by atoms with Gasteiger partial charge in [-0.2, -0.15) is 5.26 Å². The van der Waals surface area contributed by atoms with Gasteiger partial charge in [0.05, 0.1) is 17.4 Å². The Bertz CT molecular complexity index is 464. The smallest absolute Gasteiger partial charge is 0.101 e. The Morgan fingerprint density at radius 2 is 2.16 bits per heavy atom. The third-order valence-electron chi connectivity index (χ3n) is 3.71. The van der Waals surface area contributed by atoms with Crippen molar-refractivity contribution in [3.63, 3.8) is 0 Å². The number of hydrogen-bond donors (Lipinski definition) is 2. The van der Waals surface area contributed by atoms with Crippen molar-refractivity contribution in [3.8, 4) is 6.07 Å². The molecule has 1 atom stereocenters. The fourth-order valence-electron chi connectivity index (χ4n) is 2.70. The van der Waals surface area contributed by atoms with E-state index >= 15 is 0 Å². The lowest BCUT2D eigenvalue weighted by molar-refractivity contribution is 0.155. The molecule has 0 amide bonds. The lowest BCUT2D eigenvalue weighted by atomic mass is 10.00. The summed E-state index contributed by atoms with van der Waals surface area (Å²) in [5, 5.41) is 22.7. The van der Waals surface area contributed by atoms with Crippen LogP contribution in [0.3, 0.4) is 0 Å². The maximum Gasteiger partial charge on any atom is 0.101 e. The zero-order chi connectivity index (χ0) is 13.7. The zero-order valence-electron chi connectivity index (χ0n) is 10.9. The first-order valence-electron chi connectivity index (χ1n) is 6.80. The van der Waals surface area contributed by atoms with Crippen molar-refractivity contribution < 1.29 is 5.11 Å². The average molecular weight is 279 g/mol. The molecule has 0 aliphatic heterocycles. The van der Waals surface area contributed by atoms with Gasteiger partial charge in [0, 0.05) is 11.6 Å². The molecule has 3 nitrogen and oxygen atoms in total. The lowest BCUT2D eigenvalue weighted by Gasteiger charge is -2.17. The van der Waals surface area contributed by atoms with E-state index in [1.54, 1.807) is 18.2 Å². The zero-order valence-corrected chi connectivity index (χ0v) is 11.7. The van der Waals surface area contributed by atoms with E-state index in [9.17, 15) is 5.11 Å². The summed E-state index contributed by atoms with van der Waals surface area (Å²) >= 11 is 5.91. The molecule has 1 aliphatic rings. The van der Waals surface area contributed by atoms with E-state index in [4.69, 9.17) is 16.9 Å². The van der Waals surface area contributed by atoms with Gasteiger partial charge in [0.2, 0.25) is 0 Å². The van der Waals surface area contributed by atoms with E-state index in [1.807, 2.05) is 0 Å². The molecule has 2 rings (SSSR count). The Balaban J connectivity index is 1.87. The van der Waals surface area contributed by atoms with Crippen molar-refractivity contribution >= 4 is 17.3 Å². The molecule has 0 saturated heterocycles. The summed E-state index contributed by atoms with van der Waals surface area (Å²) in [5.74, 6) is 0.659. The number of anilines is 1. The molecular formula is C15H19ClN2O. The molecule has 0 bridgehead atoms. The van der Waals surface area contributed by atoms with Crippen molar-refractivity contribution in [2.75, 3.05) is 11.9 Å². The first-order valence-corrected chi connectivity index (χ1v) is 7.18. The molecule has 0 spiro atoms. The predicted octanol–water partition coefficient (Wildman–Crippen LogP) is 3.56. The van der Waals surface area contributed by atoms with Gasteiger partial charge in [-0.05, 0) is 30.5 Å². The van der Waals surface area contributed by atoms with Crippen LogP contribution in [-0.2, 0) is 0 Å². The minimum Gasteiger partial charge on any atom is -0.391 e. The Kier molecular flexibility index (Phi) is 5.07. The minimum absolute atomic E-state index is 0.367. The number of hydrogen-bond acceptors (Lipinski definition) is 3. The topological polar surface area (TPSA) is 56.0 Å². The van der Waals surface area contributed by atoms with Gasteiger partial charge >= 0.3 is 0 Å². The Hall–Kier alpha value is -1.24. The molecule has 0 radical (unpaired) electrons. The molecule has 1 unspecified atom stereocenters. The highest BCUT2D eigenvalue weighted by Crippen LogP contribution is 2.28. The second-order valence-corrected chi connectivity index (χ2v) is 5.66. The largest absolute Gasteiger partial charge is 0.391 e. The fraction of sp³-hybridized carbons (Fsp3) is 0.533. The van der Waals surface area contributed by atoms with Crippen LogP contribution in [0, 0.1) is 17.2 Å².